The Morgan fingerprint density at radius 3 is 2.52 bits per heavy atom. The summed E-state index contributed by atoms with van der Waals surface area (Å²) in [5.41, 5.74) is 0.653. The molecule has 3 rings (SSSR count). The zero-order valence-corrected chi connectivity index (χ0v) is 14.3. The molecule has 0 N–H and O–H groups in total. The summed E-state index contributed by atoms with van der Waals surface area (Å²) in [7, 11) is 1.59. The fourth-order valence-corrected chi connectivity index (χ4v) is 2.99. The van der Waals surface area contributed by atoms with Crippen LogP contribution in [0.1, 0.15) is 23.2 Å². The second-order valence-electron chi connectivity index (χ2n) is 6.23. The van der Waals surface area contributed by atoms with Gasteiger partial charge in [-0.2, -0.15) is 0 Å². The van der Waals surface area contributed by atoms with E-state index in [1.54, 1.807) is 25.3 Å². The molecule has 1 fully saturated rings. The molecule has 0 aliphatic carbocycles. The fourth-order valence-electron chi connectivity index (χ4n) is 2.99. The number of rotatable bonds is 5. The van der Waals surface area contributed by atoms with Gasteiger partial charge in [-0.1, -0.05) is 6.07 Å². The fraction of sp³-hybridized carbons (Fsp3) is 0.350. The van der Waals surface area contributed by atoms with Gasteiger partial charge in [0, 0.05) is 18.7 Å². The minimum Gasteiger partial charge on any atom is -0.497 e. The number of hydrogen-bond donors (Lipinski definition) is 0. The van der Waals surface area contributed by atoms with E-state index < -0.39 is 0 Å². The molecule has 2 aromatic rings. The highest BCUT2D eigenvalue weighted by atomic mass is 19.1. The lowest BCUT2D eigenvalue weighted by molar-refractivity contribution is 0.0660. The van der Waals surface area contributed by atoms with Crippen LogP contribution in [-0.2, 0) is 0 Å². The summed E-state index contributed by atoms with van der Waals surface area (Å²) in [5.74, 6) is 1.54. The molecule has 2 aromatic carbocycles. The molecule has 0 bridgehead atoms. The Kier molecular flexibility index (Phi) is 5.53. The summed E-state index contributed by atoms with van der Waals surface area (Å²) >= 11 is 0. The Balaban J connectivity index is 1.49. The van der Waals surface area contributed by atoms with Crippen LogP contribution in [0.3, 0.4) is 0 Å². The quantitative estimate of drug-likeness (QED) is 0.830. The van der Waals surface area contributed by atoms with E-state index in [-0.39, 0.29) is 11.7 Å². The van der Waals surface area contributed by atoms with E-state index in [4.69, 9.17) is 9.47 Å². The number of hydrogen-bond acceptors (Lipinski definition) is 3. The Morgan fingerprint density at radius 2 is 1.84 bits per heavy atom. The molecule has 0 unspecified atom stereocenters. The maximum Gasteiger partial charge on any atom is 0.253 e. The van der Waals surface area contributed by atoms with Crippen LogP contribution >= 0.6 is 0 Å². The molecule has 25 heavy (non-hydrogen) atoms. The second kappa shape index (κ2) is 8.01. The Hall–Kier alpha value is -2.56. The zero-order valence-electron chi connectivity index (χ0n) is 14.3. The van der Waals surface area contributed by atoms with Crippen molar-refractivity contribution in [1.29, 1.82) is 0 Å². The van der Waals surface area contributed by atoms with Crippen LogP contribution in [0, 0.1) is 11.7 Å². The highest BCUT2D eigenvalue weighted by Gasteiger charge is 2.24. The average molecular weight is 343 g/mol. The normalized spacial score (nSPS) is 15.0. The maximum absolute atomic E-state index is 12.9. The number of benzene rings is 2. The predicted molar refractivity (Wildman–Crippen MR) is 93.5 cm³/mol. The summed E-state index contributed by atoms with van der Waals surface area (Å²) in [6.45, 7) is 2.02. The number of nitrogens with zero attached hydrogens (tertiary/aromatic N) is 1. The number of carbonyl (C=O) groups excluding carboxylic acids is 1. The number of ether oxygens (including phenoxy) is 2. The third-order valence-corrected chi connectivity index (χ3v) is 4.52. The topological polar surface area (TPSA) is 38.8 Å². The molecular formula is C20H22FNO3. The molecule has 0 aromatic heterocycles. The van der Waals surface area contributed by atoms with Gasteiger partial charge in [0.25, 0.3) is 5.91 Å². The van der Waals surface area contributed by atoms with E-state index in [1.165, 1.54) is 12.1 Å². The molecule has 0 spiro atoms. The Bertz CT molecular complexity index is 709. The van der Waals surface area contributed by atoms with E-state index in [1.807, 2.05) is 23.1 Å². The summed E-state index contributed by atoms with van der Waals surface area (Å²) in [6, 6.07) is 13.3. The first kappa shape index (κ1) is 17.3. The maximum atomic E-state index is 12.9. The van der Waals surface area contributed by atoms with Gasteiger partial charge in [-0.15, -0.1) is 0 Å². The Morgan fingerprint density at radius 1 is 1.12 bits per heavy atom. The number of carbonyl (C=O) groups is 1. The van der Waals surface area contributed by atoms with Crippen molar-refractivity contribution in [2.45, 2.75) is 12.8 Å². The van der Waals surface area contributed by atoms with Crippen LogP contribution in [0.4, 0.5) is 4.39 Å². The first-order valence-corrected chi connectivity index (χ1v) is 8.47. The number of likely N-dealkylation sites (tertiary alicyclic amines) is 1. The van der Waals surface area contributed by atoms with Crippen molar-refractivity contribution in [2.24, 2.45) is 5.92 Å². The molecule has 1 amide bonds. The van der Waals surface area contributed by atoms with Gasteiger partial charge in [0.1, 0.15) is 17.3 Å². The lowest BCUT2D eigenvalue weighted by Gasteiger charge is -2.32. The number of halogens is 1. The lowest BCUT2D eigenvalue weighted by Crippen LogP contribution is -2.39. The molecule has 1 aliphatic rings. The third-order valence-electron chi connectivity index (χ3n) is 4.52. The van der Waals surface area contributed by atoms with E-state index in [0.29, 0.717) is 42.7 Å². The van der Waals surface area contributed by atoms with Gasteiger partial charge in [-0.05, 0) is 61.2 Å². The summed E-state index contributed by atoms with van der Waals surface area (Å²) < 4.78 is 23.8. The van der Waals surface area contributed by atoms with Gasteiger partial charge in [0.2, 0.25) is 0 Å². The monoisotopic (exact) mass is 343 g/mol. The molecule has 132 valence electrons. The van der Waals surface area contributed by atoms with Crippen LogP contribution in [0.5, 0.6) is 11.5 Å². The van der Waals surface area contributed by atoms with Crippen LogP contribution in [0.25, 0.3) is 0 Å². The molecule has 4 nitrogen and oxygen atoms in total. The second-order valence-corrected chi connectivity index (χ2v) is 6.23. The first-order valence-electron chi connectivity index (χ1n) is 8.47. The van der Waals surface area contributed by atoms with Crippen molar-refractivity contribution in [1.82, 2.24) is 4.90 Å². The van der Waals surface area contributed by atoms with Crippen molar-refractivity contribution < 1.29 is 18.7 Å². The molecule has 5 heteroatoms. The van der Waals surface area contributed by atoms with Crippen LogP contribution in [0.15, 0.2) is 48.5 Å². The SMILES string of the molecule is COc1cccc(C(=O)N2CCC(COc3ccc(F)cc3)CC2)c1. The van der Waals surface area contributed by atoms with Crippen LogP contribution < -0.4 is 9.47 Å². The Labute approximate surface area is 147 Å². The molecule has 0 atom stereocenters. The van der Waals surface area contributed by atoms with Crippen molar-refractivity contribution in [3.05, 3.63) is 59.9 Å². The molecular weight excluding hydrogens is 321 g/mol. The third kappa shape index (κ3) is 4.50. The molecule has 0 saturated carbocycles. The first-order chi connectivity index (χ1) is 12.2. The molecule has 1 saturated heterocycles. The standard InChI is InChI=1S/C20H22FNO3/c1-24-19-4-2-3-16(13-19)20(23)22-11-9-15(10-12-22)14-25-18-7-5-17(21)6-8-18/h2-8,13,15H,9-12,14H2,1H3. The number of methoxy groups -OCH3 is 1. The average Bonchev–Trinajstić information content (AvgIpc) is 2.67. The van der Waals surface area contributed by atoms with Crippen molar-refractivity contribution in [3.8, 4) is 11.5 Å². The van der Waals surface area contributed by atoms with E-state index in [9.17, 15) is 9.18 Å². The minimum absolute atomic E-state index is 0.0387. The van der Waals surface area contributed by atoms with Crippen LogP contribution in [0.2, 0.25) is 0 Å². The molecule has 0 radical (unpaired) electrons. The molecule has 1 heterocycles. The van der Waals surface area contributed by atoms with Crippen molar-refractivity contribution >= 4 is 5.91 Å². The van der Waals surface area contributed by atoms with E-state index in [2.05, 4.69) is 0 Å². The van der Waals surface area contributed by atoms with Gasteiger partial charge >= 0.3 is 0 Å². The van der Waals surface area contributed by atoms with Crippen LogP contribution in [-0.4, -0.2) is 37.6 Å². The van der Waals surface area contributed by atoms with Gasteiger partial charge in [-0.25, -0.2) is 4.39 Å². The van der Waals surface area contributed by atoms with Gasteiger partial charge < -0.3 is 14.4 Å². The predicted octanol–water partition coefficient (Wildman–Crippen LogP) is 3.77. The smallest absolute Gasteiger partial charge is 0.253 e. The highest BCUT2D eigenvalue weighted by Crippen LogP contribution is 2.22. The van der Waals surface area contributed by atoms with Gasteiger partial charge in [-0.3, -0.25) is 4.79 Å². The van der Waals surface area contributed by atoms with Crippen molar-refractivity contribution in [3.63, 3.8) is 0 Å². The molecule has 1 aliphatic heterocycles. The van der Waals surface area contributed by atoms with Gasteiger partial charge in [0.05, 0.1) is 13.7 Å². The zero-order chi connectivity index (χ0) is 17.6. The number of piperidine rings is 1. The largest absolute Gasteiger partial charge is 0.497 e. The number of amides is 1. The summed E-state index contributed by atoms with van der Waals surface area (Å²) in [4.78, 5) is 14.5. The lowest BCUT2D eigenvalue weighted by atomic mass is 9.97. The van der Waals surface area contributed by atoms with E-state index >= 15 is 0 Å². The van der Waals surface area contributed by atoms with E-state index in [0.717, 1.165) is 12.8 Å². The minimum atomic E-state index is -0.267. The summed E-state index contributed by atoms with van der Waals surface area (Å²) in [5, 5.41) is 0. The highest BCUT2D eigenvalue weighted by molar-refractivity contribution is 5.94. The summed E-state index contributed by atoms with van der Waals surface area (Å²) in [6.07, 6.45) is 1.80. The van der Waals surface area contributed by atoms with Gasteiger partial charge in [0.15, 0.2) is 0 Å². The van der Waals surface area contributed by atoms with Crippen molar-refractivity contribution in [2.75, 3.05) is 26.8 Å².